The lowest BCUT2D eigenvalue weighted by atomic mass is 10.1. The first-order chi connectivity index (χ1) is 11.8. The van der Waals surface area contributed by atoms with Crippen LogP contribution in [0.15, 0.2) is 29.8 Å². The molecule has 6 nitrogen and oxygen atoms in total. The third-order valence-electron chi connectivity index (χ3n) is 3.65. The van der Waals surface area contributed by atoms with E-state index in [4.69, 9.17) is 14.6 Å². The Morgan fingerprint density at radius 1 is 1.04 bits per heavy atom. The Labute approximate surface area is 147 Å². The molecule has 0 bridgehead atoms. The van der Waals surface area contributed by atoms with Gasteiger partial charge in [-0.2, -0.15) is 0 Å². The van der Waals surface area contributed by atoms with E-state index in [1.807, 2.05) is 13.8 Å². The van der Waals surface area contributed by atoms with Crippen molar-refractivity contribution in [3.05, 3.63) is 41.0 Å². The van der Waals surface area contributed by atoms with Crippen LogP contribution in [0.4, 0.5) is 0 Å². The zero-order valence-corrected chi connectivity index (χ0v) is 14.9. The molecule has 1 aromatic carbocycles. The molecule has 2 unspecified atom stereocenters. The molecule has 0 aromatic heterocycles. The highest BCUT2D eigenvalue weighted by Gasteiger charge is 2.24. The molecule has 0 spiro atoms. The lowest BCUT2D eigenvalue weighted by molar-refractivity contribution is -0.151. The number of carboxylic acid groups (broad SMARTS) is 1. The van der Waals surface area contributed by atoms with Crippen LogP contribution in [0.2, 0.25) is 0 Å². The molecule has 25 heavy (non-hydrogen) atoms. The summed E-state index contributed by atoms with van der Waals surface area (Å²) in [5.41, 5.74) is 0.193. The zero-order chi connectivity index (χ0) is 19.0. The summed E-state index contributed by atoms with van der Waals surface area (Å²) in [5.74, 6) is -2.67. The third kappa shape index (κ3) is 6.41. The number of hydrogen-bond acceptors (Lipinski definition) is 5. The van der Waals surface area contributed by atoms with Crippen LogP contribution in [0.1, 0.15) is 56.5 Å². The summed E-state index contributed by atoms with van der Waals surface area (Å²) in [4.78, 5) is 35.8. The van der Waals surface area contributed by atoms with Crippen LogP contribution in [-0.4, -0.2) is 35.2 Å². The summed E-state index contributed by atoms with van der Waals surface area (Å²) in [6.45, 7) is 7.16. The summed E-state index contributed by atoms with van der Waals surface area (Å²) in [5, 5.41) is 9.06. The highest BCUT2D eigenvalue weighted by atomic mass is 16.6. The Hall–Kier alpha value is -2.63. The largest absolute Gasteiger partial charge is 0.478 e. The Morgan fingerprint density at radius 2 is 1.56 bits per heavy atom. The summed E-state index contributed by atoms with van der Waals surface area (Å²) < 4.78 is 10.4. The van der Waals surface area contributed by atoms with E-state index < -0.39 is 17.9 Å². The Balaban J connectivity index is 3.20. The minimum atomic E-state index is -1.10. The van der Waals surface area contributed by atoms with Gasteiger partial charge in [0.25, 0.3) is 0 Å². The second-order valence-electron chi connectivity index (χ2n) is 5.74. The second-order valence-corrected chi connectivity index (χ2v) is 5.74. The van der Waals surface area contributed by atoms with Crippen molar-refractivity contribution in [1.82, 2.24) is 0 Å². The first-order valence-corrected chi connectivity index (χ1v) is 8.25. The quantitative estimate of drug-likeness (QED) is 0.335. The number of benzene rings is 1. The van der Waals surface area contributed by atoms with Gasteiger partial charge < -0.3 is 14.6 Å². The predicted molar refractivity (Wildman–Crippen MR) is 93.1 cm³/mol. The van der Waals surface area contributed by atoms with E-state index in [0.29, 0.717) is 18.4 Å². The molecule has 0 aliphatic carbocycles. The summed E-state index contributed by atoms with van der Waals surface area (Å²) >= 11 is 0. The predicted octanol–water partition coefficient (Wildman–Crippen LogP) is 3.45. The van der Waals surface area contributed by atoms with E-state index >= 15 is 0 Å². The van der Waals surface area contributed by atoms with Crippen molar-refractivity contribution in [3.63, 3.8) is 0 Å². The molecule has 0 radical (unpaired) electrons. The maximum atomic E-state index is 12.3. The SMILES string of the molecule is CCC(C)OC(=O)C(=Cc1cccc(C(=O)O)c1)C(=O)OC(C)CC. The smallest absolute Gasteiger partial charge is 0.345 e. The van der Waals surface area contributed by atoms with Crippen LogP contribution >= 0.6 is 0 Å². The second kappa shape index (κ2) is 9.61. The van der Waals surface area contributed by atoms with Gasteiger partial charge in [-0.1, -0.05) is 26.0 Å². The Kier molecular flexibility index (Phi) is 7.85. The third-order valence-corrected chi connectivity index (χ3v) is 3.65. The van der Waals surface area contributed by atoms with E-state index in [9.17, 15) is 14.4 Å². The molecule has 136 valence electrons. The summed E-state index contributed by atoms with van der Waals surface area (Å²) in [7, 11) is 0. The van der Waals surface area contributed by atoms with Crippen molar-refractivity contribution in [1.29, 1.82) is 0 Å². The number of carbonyl (C=O) groups is 3. The lowest BCUT2D eigenvalue weighted by Gasteiger charge is -2.15. The van der Waals surface area contributed by atoms with Crippen molar-refractivity contribution in [2.24, 2.45) is 0 Å². The average Bonchev–Trinajstić information content (AvgIpc) is 2.59. The fraction of sp³-hybridized carbons (Fsp3) is 0.421. The summed E-state index contributed by atoms with van der Waals surface area (Å²) in [6, 6.07) is 5.93. The molecule has 0 fully saturated rings. The first kappa shape index (κ1) is 20.4. The molecule has 0 aliphatic heterocycles. The van der Waals surface area contributed by atoms with Crippen LogP contribution in [0, 0.1) is 0 Å². The highest BCUT2D eigenvalue weighted by Crippen LogP contribution is 2.15. The van der Waals surface area contributed by atoms with Gasteiger partial charge >= 0.3 is 17.9 Å². The van der Waals surface area contributed by atoms with Gasteiger partial charge in [0.15, 0.2) is 0 Å². The minimum absolute atomic E-state index is 0.0543. The lowest BCUT2D eigenvalue weighted by Crippen LogP contribution is -2.24. The number of carboxylic acids is 1. The van der Waals surface area contributed by atoms with Crippen LogP contribution in [0.25, 0.3) is 6.08 Å². The van der Waals surface area contributed by atoms with Crippen molar-refractivity contribution in [3.8, 4) is 0 Å². The fourth-order valence-electron chi connectivity index (χ4n) is 1.79. The number of carbonyl (C=O) groups excluding carboxylic acids is 2. The molecule has 0 saturated carbocycles. The van der Waals surface area contributed by atoms with Crippen LogP contribution < -0.4 is 0 Å². The molecule has 0 saturated heterocycles. The van der Waals surface area contributed by atoms with Gasteiger partial charge in [0.1, 0.15) is 5.57 Å². The van der Waals surface area contributed by atoms with E-state index in [2.05, 4.69) is 0 Å². The number of ether oxygens (including phenoxy) is 2. The molecule has 0 heterocycles. The maximum absolute atomic E-state index is 12.3. The topological polar surface area (TPSA) is 89.9 Å². The monoisotopic (exact) mass is 348 g/mol. The molecular weight excluding hydrogens is 324 g/mol. The molecule has 0 aliphatic rings. The van der Waals surface area contributed by atoms with Crippen molar-refractivity contribution < 1.29 is 29.0 Å². The first-order valence-electron chi connectivity index (χ1n) is 8.25. The Morgan fingerprint density at radius 3 is 2.00 bits per heavy atom. The van der Waals surface area contributed by atoms with Gasteiger partial charge in [-0.05, 0) is 50.5 Å². The van der Waals surface area contributed by atoms with Crippen molar-refractivity contribution in [2.75, 3.05) is 0 Å². The van der Waals surface area contributed by atoms with E-state index in [1.165, 1.54) is 24.3 Å². The molecule has 6 heteroatoms. The Bertz CT molecular complexity index is 636. The van der Waals surface area contributed by atoms with Crippen molar-refractivity contribution in [2.45, 2.75) is 52.7 Å². The van der Waals surface area contributed by atoms with E-state index in [0.717, 1.165) is 0 Å². The number of esters is 2. The molecular formula is C19H24O6. The highest BCUT2D eigenvalue weighted by molar-refractivity contribution is 6.17. The van der Waals surface area contributed by atoms with Gasteiger partial charge in [-0.3, -0.25) is 0 Å². The van der Waals surface area contributed by atoms with Gasteiger partial charge in [0, 0.05) is 0 Å². The van der Waals surface area contributed by atoms with E-state index in [-0.39, 0.29) is 23.3 Å². The molecule has 1 N–H and O–H groups in total. The number of hydrogen-bond donors (Lipinski definition) is 1. The van der Waals surface area contributed by atoms with E-state index in [1.54, 1.807) is 19.9 Å². The normalized spacial score (nSPS) is 12.6. The maximum Gasteiger partial charge on any atom is 0.345 e. The van der Waals surface area contributed by atoms with Crippen LogP contribution in [0.3, 0.4) is 0 Å². The molecule has 1 rings (SSSR count). The molecule has 0 amide bonds. The summed E-state index contributed by atoms with van der Waals surface area (Å²) in [6.07, 6.45) is 1.80. The van der Waals surface area contributed by atoms with Crippen molar-refractivity contribution >= 4 is 24.0 Å². The number of aromatic carboxylic acids is 1. The van der Waals surface area contributed by atoms with Crippen LogP contribution in [0.5, 0.6) is 0 Å². The van der Waals surface area contributed by atoms with Gasteiger partial charge in [0.05, 0.1) is 17.8 Å². The molecule has 1 aromatic rings. The fourth-order valence-corrected chi connectivity index (χ4v) is 1.79. The van der Waals surface area contributed by atoms with Gasteiger partial charge in [0.2, 0.25) is 0 Å². The number of rotatable bonds is 8. The van der Waals surface area contributed by atoms with Gasteiger partial charge in [-0.25, -0.2) is 14.4 Å². The molecule has 2 atom stereocenters. The van der Waals surface area contributed by atoms with Crippen LogP contribution in [-0.2, 0) is 19.1 Å². The zero-order valence-electron chi connectivity index (χ0n) is 14.9. The van der Waals surface area contributed by atoms with Gasteiger partial charge in [-0.15, -0.1) is 0 Å². The minimum Gasteiger partial charge on any atom is -0.478 e. The average molecular weight is 348 g/mol. The standard InChI is InChI=1S/C19H24O6/c1-5-12(3)24-18(22)16(19(23)25-13(4)6-2)11-14-8-7-9-15(10-14)17(20)21/h7-13H,5-6H2,1-4H3,(H,20,21).